The molecule has 2 heterocycles. The van der Waals surface area contributed by atoms with Gasteiger partial charge in [0.05, 0.1) is 25.5 Å². The SMILES string of the molecule is COc1ccc(CN2CCC[C@@H]2c2cc(C)no2)cc1COCC(F)(F)F. The van der Waals surface area contributed by atoms with Crippen LogP contribution in [-0.4, -0.2) is 36.5 Å². The molecule has 1 aliphatic heterocycles. The van der Waals surface area contributed by atoms with Crippen molar-refractivity contribution in [2.45, 2.75) is 45.1 Å². The number of aromatic nitrogens is 1. The Balaban J connectivity index is 1.69. The number of aryl methyl sites for hydroxylation is 1. The number of hydrogen-bond acceptors (Lipinski definition) is 5. The fourth-order valence-corrected chi connectivity index (χ4v) is 3.43. The Morgan fingerprint density at radius 1 is 1.30 bits per heavy atom. The van der Waals surface area contributed by atoms with Crippen LogP contribution in [0.5, 0.6) is 5.75 Å². The van der Waals surface area contributed by atoms with Gasteiger partial charge in [0.15, 0.2) is 5.76 Å². The fourth-order valence-electron chi connectivity index (χ4n) is 3.43. The molecule has 0 amide bonds. The molecule has 1 saturated heterocycles. The average molecular weight is 384 g/mol. The van der Waals surface area contributed by atoms with Gasteiger partial charge in [0.2, 0.25) is 0 Å². The Morgan fingerprint density at radius 3 is 2.78 bits per heavy atom. The lowest BCUT2D eigenvalue weighted by atomic mass is 10.1. The summed E-state index contributed by atoms with van der Waals surface area (Å²) < 4.78 is 52.4. The molecule has 5 nitrogen and oxygen atoms in total. The molecule has 1 aromatic carbocycles. The lowest BCUT2D eigenvalue weighted by Gasteiger charge is -2.23. The van der Waals surface area contributed by atoms with Crippen molar-refractivity contribution in [3.05, 3.63) is 46.8 Å². The van der Waals surface area contributed by atoms with Gasteiger partial charge < -0.3 is 14.0 Å². The molecule has 1 fully saturated rings. The highest BCUT2D eigenvalue weighted by atomic mass is 19.4. The van der Waals surface area contributed by atoms with Gasteiger partial charge in [-0.15, -0.1) is 0 Å². The van der Waals surface area contributed by atoms with Crippen LogP contribution in [0.1, 0.15) is 41.5 Å². The zero-order valence-corrected chi connectivity index (χ0v) is 15.4. The fraction of sp³-hybridized carbons (Fsp3) is 0.526. The van der Waals surface area contributed by atoms with Gasteiger partial charge in [-0.1, -0.05) is 11.2 Å². The van der Waals surface area contributed by atoms with E-state index in [0.29, 0.717) is 17.9 Å². The highest BCUT2D eigenvalue weighted by Crippen LogP contribution is 2.34. The molecule has 0 aliphatic carbocycles. The number of ether oxygens (including phenoxy) is 2. The Hall–Kier alpha value is -2.06. The summed E-state index contributed by atoms with van der Waals surface area (Å²) in [4.78, 5) is 2.29. The molecular formula is C19H23F3N2O3. The minimum atomic E-state index is -4.34. The maximum absolute atomic E-state index is 12.3. The van der Waals surface area contributed by atoms with E-state index in [4.69, 9.17) is 14.0 Å². The van der Waals surface area contributed by atoms with Gasteiger partial charge in [-0.3, -0.25) is 4.90 Å². The maximum atomic E-state index is 12.3. The number of nitrogens with zero attached hydrogens (tertiary/aromatic N) is 2. The lowest BCUT2D eigenvalue weighted by Crippen LogP contribution is -2.22. The quantitative estimate of drug-likeness (QED) is 0.708. The van der Waals surface area contributed by atoms with Crippen molar-refractivity contribution >= 4 is 0 Å². The Bertz CT molecular complexity index is 761. The van der Waals surface area contributed by atoms with Crippen LogP contribution >= 0.6 is 0 Å². The summed E-state index contributed by atoms with van der Waals surface area (Å²) >= 11 is 0. The summed E-state index contributed by atoms with van der Waals surface area (Å²) in [5.41, 5.74) is 2.44. The van der Waals surface area contributed by atoms with Gasteiger partial charge in [0.1, 0.15) is 12.4 Å². The van der Waals surface area contributed by atoms with Crippen LogP contribution < -0.4 is 4.74 Å². The molecule has 3 rings (SSSR count). The standard InChI is InChI=1S/C19H23F3N2O3/c1-13-8-18(27-23-13)16-4-3-7-24(16)10-14-5-6-17(25-2)15(9-14)11-26-12-19(20,21)22/h5-6,8-9,16H,3-4,7,10-12H2,1-2H3/t16-/m1/s1. The molecule has 8 heteroatoms. The predicted octanol–water partition coefficient (Wildman–Crippen LogP) is 4.41. The predicted molar refractivity (Wildman–Crippen MR) is 92.3 cm³/mol. The monoisotopic (exact) mass is 384 g/mol. The lowest BCUT2D eigenvalue weighted by molar-refractivity contribution is -0.176. The topological polar surface area (TPSA) is 47.7 Å². The van der Waals surface area contributed by atoms with E-state index < -0.39 is 12.8 Å². The second-order valence-corrected chi connectivity index (χ2v) is 6.75. The first-order valence-corrected chi connectivity index (χ1v) is 8.83. The van der Waals surface area contributed by atoms with Crippen molar-refractivity contribution in [3.8, 4) is 5.75 Å². The summed E-state index contributed by atoms with van der Waals surface area (Å²) in [6.07, 6.45) is -2.29. The number of alkyl halides is 3. The number of halogens is 3. The van der Waals surface area contributed by atoms with E-state index in [1.165, 1.54) is 7.11 Å². The van der Waals surface area contributed by atoms with E-state index in [0.717, 1.165) is 36.4 Å². The maximum Gasteiger partial charge on any atom is 0.411 e. The molecule has 0 unspecified atom stereocenters. The van der Waals surface area contributed by atoms with E-state index in [9.17, 15) is 13.2 Å². The van der Waals surface area contributed by atoms with E-state index in [1.807, 2.05) is 25.1 Å². The number of likely N-dealkylation sites (tertiary alicyclic amines) is 1. The summed E-state index contributed by atoms with van der Waals surface area (Å²) in [5, 5.41) is 3.97. The second kappa shape index (κ2) is 8.31. The first kappa shape index (κ1) is 19.7. The van der Waals surface area contributed by atoms with E-state index >= 15 is 0 Å². The molecule has 1 aromatic heterocycles. The summed E-state index contributed by atoms with van der Waals surface area (Å²) in [5.74, 6) is 1.37. The van der Waals surface area contributed by atoms with Crippen LogP contribution in [0.3, 0.4) is 0 Å². The number of hydrogen-bond donors (Lipinski definition) is 0. The van der Waals surface area contributed by atoms with Crippen molar-refractivity contribution < 1.29 is 27.2 Å². The second-order valence-electron chi connectivity index (χ2n) is 6.75. The molecule has 0 spiro atoms. The van der Waals surface area contributed by atoms with Crippen LogP contribution in [0.25, 0.3) is 0 Å². The van der Waals surface area contributed by atoms with Crippen molar-refractivity contribution in [1.82, 2.24) is 10.1 Å². The largest absolute Gasteiger partial charge is 0.496 e. The number of benzene rings is 1. The average Bonchev–Trinajstić information content (AvgIpc) is 3.22. The summed E-state index contributed by atoms with van der Waals surface area (Å²) in [6, 6.07) is 7.65. The van der Waals surface area contributed by atoms with Crippen LogP contribution in [0.4, 0.5) is 13.2 Å². The van der Waals surface area contributed by atoms with Crippen molar-refractivity contribution in [1.29, 1.82) is 0 Å². The Morgan fingerprint density at radius 2 is 2.11 bits per heavy atom. The zero-order valence-electron chi connectivity index (χ0n) is 15.4. The summed E-state index contributed by atoms with van der Waals surface area (Å²) in [6.45, 7) is 2.06. The van der Waals surface area contributed by atoms with Crippen molar-refractivity contribution in [2.75, 3.05) is 20.3 Å². The van der Waals surface area contributed by atoms with Crippen LogP contribution in [0.15, 0.2) is 28.8 Å². The van der Waals surface area contributed by atoms with Crippen LogP contribution in [0, 0.1) is 6.92 Å². The molecule has 27 heavy (non-hydrogen) atoms. The molecule has 0 radical (unpaired) electrons. The van der Waals surface area contributed by atoms with Gasteiger partial charge >= 0.3 is 6.18 Å². The van der Waals surface area contributed by atoms with Crippen LogP contribution in [0.2, 0.25) is 0 Å². The van der Waals surface area contributed by atoms with Gasteiger partial charge in [-0.05, 0) is 44.0 Å². The zero-order chi connectivity index (χ0) is 19.4. The molecular weight excluding hydrogens is 361 g/mol. The number of rotatable bonds is 7. The van der Waals surface area contributed by atoms with Gasteiger partial charge in [0.25, 0.3) is 0 Å². The first-order chi connectivity index (χ1) is 12.9. The molecule has 148 valence electrons. The molecule has 0 bridgehead atoms. The van der Waals surface area contributed by atoms with Crippen molar-refractivity contribution in [3.63, 3.8) is 0 Å². The van der Waals surface area contributed by atoms with Gasteiger partial charge in [-0.25, -0.2) is 0 Å². The third kappa shape index (κ3) is 5.23. The molecule has 0 N–H and O–H groups in total. The normalized spacial score (nSPS) is 18.2. The van der Waals surface area contributed by atoms with Crippen molar-refractivity contribution in [2.24, 2.45) is 0 Å². The molecule has 1 atom stereocenters. The van der Waals surface area contributed by atoms with Gasteiger partial charge in [0, 0.05) is 18.2 Å². The van der Waals surface area contributed by atoms with E-state index in [-0.39, 0.29) is 12.6 Å². The minimum absolute atomic E-state index is 0.152. The third-order valence-corrected chi connectivity index (χ3v) is 4.59. The van der Waals surface area contributed by atoms with E-state index in [2.05, 4.69) is 10.1 Å². The first-order valence-electron chi connectivity index (χ1n) is 8.83. The Kier molecular flexibility index (Phi) is 6.06. The molecule has 0 saturated carbocycles. The van der Waals surface area contributed by atoms with Crippen LogP contribution in [-0.2, 0) is 17.9 Å². The third-order valence-electron chi connectivity index (χ3n) is 4.59. The highest BCUT2D eigenvalue weighted by Gasteiger charge is 2.29. The summed E-state index contributed by atoms with van der Waals surface area (Å²) in [7, 11) is 1.49. The number of methoxy groups -OCH3 is 1. The Labute approximate surface area is 156 Å². The smallest absolute Gasteiger partial charge is 0.411 e. The molecule has 2 aromatic rings. The van der Waals surface area contributed by atoms with E-state index in [1.54, 1.807) is 6.07 Å². The minimum Gasteiger partial charge on any atom is -0.496 e. The molecule has 1 aliphatic rings. The van der Waals surface area contributed by atoms with Gasteiger partial charge in [-0.2, -0.15) is 13.2 Å². The highest BCUT2D eigenvalue weighted by molar-refractivity contribution is 5.37.